The molecule has 0 aliphatic carbocycles. The number of pyridine rings is 1. The van der Waals surface area contributed by atoms with Crippen molar-refractivity contribution in [1.29, 1.82) is 0 Å². The summed E-state index contributed by atoms with van der Waals surface area (Å²) in [4.78, 5) is 18.5. The molecule has 1 unspecified atom stereocenters. The Labute approximate surface area is 152 Å². The van der Waals surface area contributed by atoms with Crippen LogP contribution in [0.15, 0.2) is 6.07 Å². The van der Waals surface area contributed by atoms with E-state index >= 15 is 0 Å². The number of carbonyl (C=O) groups excluding carboxylic acids is 1. The van der Waals surface area contributed by atoms with E-state index in [2.05, 4.69) is 10.3 Å². The van der Waals surface area contributed by atoms with Gasteiger partial charge >= 0.3 is 6.09 Å². The largest absolute Gasteiger partial charge is 0.449 e. The molecular formula is C18H26FN3O4. The summed E-state index contributed by atoms with van der Waals surface area (Å²) in [7, 11) is 3.08. The molecule has 7 nitrogen and oxygen atoms in total. The fourth-order valence-electron chi connectivity index (χ4n) is 3.39. The van der Waals surface area contributed by atoms with Crippen LogP contribution in [-0.2, 0) is 27.2 Å². The summed E-state index contributed by atoms with van der Waals surface area (Å²) >= 11 is 0. The molecule has 3 rings (SSSR count). The lowest BCUT2D eigenvalue weighted by Gasteiger charge is -2.28. The van der Waals surface area contributed by atoms with E-state index in [1.165, 1.54) is 14.2 Å². The van der Waals surface area contributed by atoms with Gasteiger partial charge in [0.1, 0.15) is 18.2 Å². The van der Waals surface area contributed by atoms with Crippen LogP contribution in [0.4, 0.5) is 15.0 Å². The number of cyclic esters (lactones) is 1. The van der Waals surface area contributed by atoms with Gasteiger partial charge in [-0.1, -0.05) is 0 Å². The third-order valence-corrected chi connectivity index (χ3v) is 4.82. The van der Waals surface area contributed by atoms with Gasteiger partial charge < -0.3 is 24.4 Å². The molecule has 3 heterocycles. The molecule has 0 radical (unpaired) electrons. The number of carbonyl (C=O) groups is 1. The summed E-state index contributed by atoms with van der Waals surface area (Å²) in [5.41, 5.74) is 2.47. The normalized spacial score (nSPS) is 20.4. The number of rotatable bonds is 6. The average Bonchev–Trinajstić information content (AvgIpc) is 2.87. The molecule has 1 aromatic heterocycles. The number of aromatic nitrogens is 1. The van der Waals surface area contributed by atoms with Crippen molar-refractivity contribution < 1.29 is 23.4 Å². The topological polar surface area (TPSA) is 72.9 Å². The van der Waals surface area contributed by atoms with Crippen molar-refractivity contribution in [2.45, 2.75) is 44.6 Å². The number of anilines is 1. The second-order valence-corrected chi connectivity index (χ2v) is 6.62. The number of amides is 1. The molecule has 2 aliphatic heterocycles. The van der Waals surface area contributed by atoms with Crippen LogP contribution in [0.3, 0.4) is 0 Å². The highest BCUT2D eigenvalue weighted by Gasteiger charge is 2.27. The molecule has 144 valence electrons. The van der Waals surface area contributed by atoms with E-state index in [0.29, 0.717) is 37.6 Å². The molecule has 0 saturated carbocycles. The molecule has 2 aliphatic rings. The Kier molecular flexibility index (Phi) is 6.26. The Morgan fingerprint density at radius 3 is 2.96 bits per heavy atom. The fraction of sp³-hybridized carbons (Fsp3) is 0.667. The van der Waals surface area contributed by atoms with Crippen molar-refractivity contribution in [3.8, 4) is 0 Å². The molecule has 1 fully saturated rings. The van der Waals surface area contributed by atoms with Gasteiger partial charge in [0.2, 0.25) is 6.29 Å². The number of hydrogen-bond acceptors (Lipinski definition) is 6. The number of nitrogens with one attached hydrogen (secondary N) is 1. The van der Waals surface area contributed by atoms with Crippen molar-refractivity contribution in [3.05, 3.63) is 22.9 Å². The number of alkyl halides is 1. The van der Waals surface area contributed by atoms with Crippen LogP contribution < -0.4 is 5.32 Å². The number of hydrogen-bond donors (Lipinski definition) is 1. The van der Waals surface area contributed by atoms with E-state index in [0.717, 1.165) is 30.4 Å². The van der Waals surface area contributed by atoms with Crippen molar-refractivity contribution in [3.63, 3.8) is 0 Å². The summed E-state index contributed by atoms with van der Waals surface area (Å²) in [6, 6.07) is 1.79. The third kappa shape index (κ3) is 4.07. The zero-order valence-electron chi connectivity index (χ0n) is 15.3. The zero-order valence-corrected chi connectivity index (χ0v) is 15.3. The molecule has 1 saturated heterocycles. The van der Waals surface area contributed by atoms with Crippen LogP contribution in [0, 0.1) is 0 Å². The lowest BCUT2D eigenvalue weighted by atomic mass is 9.98. The predicted molar refractivity (Wildman–Crippen MR) is 93.7 cm³/mol. The number of aryl methyl sites for hydroxylation is 1. The molecule has 0 bridgehead atoms. The number of methoxy groups -OCH3 is 2. The SMILES string of the molecule is COC(OC)c1nc2c(cc1CN1CCCCOC1=O)CCC(CF)N2. The van der Waals surface area contributed by atoms with Crippen molar-refractivity contribution in [1.82, 2.24) is 9.88 Å². The maximum Gasteiger partial charge on any atom is 0.410 e. The lowest BCUT2D eigenvalue weighted by molar-refractivity contribution is -0.109. The first-order chi connectivity index (χ1) is 12.7. The van der Waals surface area contributed by atoms with E-state index in [1.54, 1.807) is 4.90 Å². The summed E-state index contributed by atoms with van der Waals surface area (Å²) < 4.78 is 29.0. The number of ether oxygens (including phenoxy) is 3. The highest BCUT2D eigenvalue weighted by Crippen LogP contribution is 2.30. The molecule has 0 spiro atoms. The first-order valence-electron chi connectivity index (χ1n) is 8.98. The third-order valence-electron chi connectivity index (χ3n) is 4.82. The second-order valence-electron chi connectivity index (χ2n) is 6.62. The van der Waals surface area contributed by atoms with Gasteiger partial charge in [0.05, 0.1) is 19.2 Å². The van der Waals surface area contributed by atoms with Crippen LogP contribution in [0.2, 0.25) is 0 Å². The monoisotopic (exact) mass is 367 g/mol. The van der Waals surface area contributed by atoms with Crippen molar-refractivity contribution >= 4 is 11.9 Å². The highest BCUT2D eigenvalue weighted by molar-refractivity contribution is 5.68. The van der Waals surface area contributed by atoms with Crippen molar-refractivity contribution in [2.24, 2.45) is 0 Å². The van der Waals surface area contributed by atoms with Gasteiger partial charge in [-0.15, -0.1) is 0 Å². The Morgan fingerprint density at radius 2 is 2.23 bits per heavy atom. The van der Waals surface area contributed by atoms with Gasteiger partial charge in [-0.25, -0.2) is 14.2 Å². The number of nitrogens with zero attached hydrogens (tertiary/aromatic N) is 2. The van der Waals surface area contributed by atoms with Gasteiger partial charge in [-0.05, 0) is 42.9 Å². The van der Waals surface area contributed by atoms with Crippen LogP contribution in [-0.4, -0.2) is 56.1 Å². The zero-order chi connectivity index (χ0) is 18.5. The van der Waals surface area contributed by atoms with Crippen LogP contribution in [0.25, 0.3) is 0 Å². The maximum absolute atomic E-state index is 13.0. The smallest absolute Gasteiger partial charge is 0.410 e. The van der Waals surface area contributed by atoms with E-state index in [-0.39, 0.29) is 12.1 Å². The molecule has 1 aromatic rings. The molecule has 1 N–H and O–H groups in total. The molecule has 8 heteroatoms. The van der Waals surface area contributed by atoms with Gasteiger partial charge in [0.15, 0.2) is 0 Å². The Balaban J connectivity index is 1.92. The summed E-state index contributed by atoms with van der Waals surface area (Å²) in [5.74, 6) is 0.662. The average molecular weight is 367 g/mol. The first-order valence-corrected chi connectivity index (χ1v) is 8.98. The number of halogens is 1. The highest BCUT2D eigenvalue weighted by atomic mass is 19.1. The Bertz CT molecular complexity index is 639. The standard InChI is InChI=1S/C18H26FN3O4/c1-24-17(25-2)15-13(11-22-7-3-4-8-26-18(22)23)9-12-5-6-14(10-19)20-16(12)21-15/h9,14,17H,3-8,10-11H2,1-2H3,(H,20,21). The van der Waals surface area contributed by atoms with Crippen LogP contribution in [0.5, 0.6) is 0 Å². The summed E-state index contributed by atoms with van der Waals surface area (Å²) in [6.07, 6.45) is 2.25. The minimum absolute atomic E-state index is 0.224. The van der Waals surface area contributed by atoms with Crippen LogP contribution in [0.1, 0.15) is 42.4 Å². The Morgan fingerprint density at radius 1 is 1.42 bits per heavy atom. The van der Waals surface area contributed by atoms with E-state index < -0.39 is 13.0 Å². The van der Waals surface area contributed by atoms with Gasteiger partial charge in [-0.2, -0.15) is 0 Å². The minimum Gasteiger partial charge on any atom is -0.449 e. The van der Waals surface area contributed by atoms with Crippen molar-refractivity contribution in [2.75, 3.05) is 39.4 Å². The van der Waals surface area contributed by atoms with Gasteiger partial charge in [0.25, 0.3) is 0 Å². The molecule has 0 aromatic carbocycles. The van der Waals surface area contributed by atoms with Crippen LogP contribution >= 0.6 is 0 Å². The fourth-order valence-corrected chi connectivity index (χ4v) is 3.39. The minimum atomic E-state index is -0.661. The molecular weight excluding hydrogens is 341 g/mol. The lowest BCUT2D eigenvalue weighted by Crippen LogP contribution is -2.32. The molecule has 1 atom stereocenters. The van der Waals surface area contributed by atoms with Gasteiger partial charge in [0, 0.05) is 20.8 Å². The second kappa shape index (κ2) is 8.64. The number of fused-ring (bicyclic) bond motifs is 1. The van der Waals surface area contributed by atoms with E-state index in [4.69, 9.17) is 14.2 Å². The van der Waals surface area contributed by atoms with Gasteiger partial charge in [-0.3, -0.25) is 0 Å². The van der Waals surface area contributed by atoms with E-state index in [9.17, 15) is 9.18 Å². The maximum atomic E-state index is 13.0. The summed E-state index contributed by atoms with van der Waals surface area (Å²) in [5, 5.41) is 3.14. The quantitative estimate of drug-likeness (QED) is 0.780. The van der Waals surface area contributed by atoms with E-state index in [1.807, 2.05) is 6.07 Å². The first kappa shape index (κ1) is 18.8. The Hall–Kier alpha value is -1.93. The molecule has 26 heavy (non-hydrogen) atoms. The summed E-state index contributed by atoms with van der Waals surface area (Å²) in [6.45, 7) is 1.04. The molecule has 1 amide bonds. The predicted octanol–water partition coefficient (Wildman–Crippen LogP) is 2.80.